The number of benzene rings is 1. The molecule has 1 aromatic heterocycles. The van der Waals surface area contributed by atoms with Gasteiger partial charge in [0.25, 0.3) is 0 Å². The molecule has 2 heterocycles. The Bertz CT molecular complexity index is 785. The lowest BCUT2D eigenvalue weighted by Gasteiger charge is -2.34. The molecule has 1 aliphatic heterocycles. The largest absolute Gasteiger partial charge is 0.340 e. The number of hydrogen-bond donors (Lipinski definition) is 0. The van der Waals surface area contributed by atoms with E-state index in [1.165, 1.54) is 5.56 Å². The minimum Gasteiger partial charge on any atom is -0.340 e. The average Bonchev–Trinajstić information content (AvgIpc) is 3.15. The number of aromatic nitrogens is 2. The monoisotopic (exact) mass is 367 g/mol. The highest BCUT2D eigenvalue weighted by atomic mass is 16.5. The zero-order chi connectivity index (χ0) is 19.1. The van der Waals surface area contributed by atoms with Crippen LogP contribution in [0.25, 0.3) is 0 Å². The molecule has 1 fully saturated rings. The van der Waals surface area contributed by atoms with Crippen LogP contribution in [-0.2, 0) is 24.2 Å². The summed E-state index contributed by atoms with van der Waals surface area (Å²) >= 11 is 0. The summed E-state index contributed by atoms with van der Waals surface area (Å²) in [6.07, 6.45) is 2.69. The van der Waals surface area contributed by atoms with Crippen LogP contribution in [0.4, 0.5) is 0 Å². The molecule has 0 N–H and O–H groups in total. The SMILES string of the molecule is CCCc1noc(CCC(=O)N2CCN(Cc3ccc(C#N)cc3)CC2)n1. The lowest BCUT2D eigenvalue weighted by Crippen LogP contribution is -2.48. The van der Waals surface area contributed by atoms with Crippen molar-refractivity contribution in [2.75, 3.05) is 26.2 Å². The van der Waals surface area contributed by atoms with Crippen molar-refractivity contribution >= 4 is 5.91 Å². The van der Waals surface area contributed by atoms with E-state index in [1.807, 2.05) is 29.2 Å². The van der Waals surface area contributed by atoms with Crippen molar-refractivity contribution in [2.45, 2.75) is 39.2 Å². The standard InChI is InChI=1S/C20H25N5O2/c1-2-3-18-22-19(27-23-18)8-9-20(26)25-12-10-24(11-13-25)15-17-6-4-16(14-21)5-7-17/h4-7H,2-3,8-13,15H2,1H3. The Labute approximate surface area is 159 Å². The van der Waals surface area contributed by atoms with Crippen molar-refractivity contribution in [1.82, 2.24) is 19.9 Å². The maximum Gasteiger partial charge on any atom is 0.227 e. The number of hydrogen-bond acceptors (Lipinski definition) is 6. The summed E-state index contributed by atoms with van der Waals surface area (Å²) in [5, 5.41) is 12.8. The van der Waals surface area contributed by atoms with Crippen LogP contribution in [0, 0.1) is 11.3 Å². The first-order valence-corrected chi connectivity index (χ1v) is 9.48. The van der Waals surface area contributed by atoms with Gasteiger partial charge in [0, 0.05) is 52.0 Å². The molecule has 2 aromatic rings. The summed E-state index contributed by atoms with van der Waals surface area (Å²) in [6, 6.07) is 9.81. The minimum atomic E-state index is 0.142. The highest BCUT2D eigenvalue weighted by molar-refractivity contribution is 5.76. The molecular formula is C20H25N5O2. The van der Waals surface area contributed by atoms with Gasteiger partial charge in [-0.25, -0.2) is 0 Å². The van der Waals surface area contributed by atoms with Crippen molar-refractivity contribution in [2.24, 2.45) is 0 Å². The quantitative estimate of drug-likeness (QED) is 0.745. The molecule has 3 rings (SSSR count). The van der Waals surface area contributed by atoms with Gasteiger partial charge in [-0.2, -0.15) is 10.2 Å². The van der Waals surface area contributed by atoms with Gasteiger partial charge in [0.05, 0.1) is 11.6 Å². The molecule has 0 saturated carbocycles. The van der Waals surface area contributed by atoms with Gasteiger partial charge in [-0.1, -0.05) is 24.2 Å². The predicted molar refractivity (Wildman–Crippen MR) is 99.6 cm³/mol. The fourth-order valence-corrected chi connectivity index (χ4v) is 3.19. The van der Waals surface area contributed by atoms with Crippen molar-refractivity contribution < 1.29 is 9.32 Å². The van der Waals surface area contributed by atoms with Crippen molar-refractivity contribution in [3.8, 4) is 6.07 Å². The van der Waals surface area contributed by atoms with Gasteiger partial charge >= 0.3 is 0 Å². The molecule has 0 unspecified atom stereocenters. The van der Waals surface area contributed by atoms with Crippen LogP contribution in [0.2, 0.25) is 0 Å². The van der Waals surface area contributed by atoms with Gasteiger partial charge in [-0.15, -0.1) is 0 Å². The Morgan fingerprint density at radius 2 is 1.93 bits per heavy atom. The molecule has 0 radical (unpaired) electrons. The highest BCUT2D eigenvalue weighted by Gasteiger charge is 2.21. The summed E-state index contributed by atoms with van der Waals surface area (Å²) in [5.74, 6) is 1.41. The van der Waals surface area contributed by atoms with Gasteiger partial charge in [-0.3, -0.25) is 9.69 Å². The lowest BCUT2D eigenvalue weighted by molar-refractivity contribution is -0.133. The Kier molecular flexibility index (Phi) is 6.55. The van der Waals surface area contributed by atoms with Crippen LogP contribution in [0.15, 0.2) is 28.8 Å². The third-order valence-electron chi connectivity index (χ3n) is 4.75. The first-order chi connectivity index (χ1) is 13.2. The molecule has 142 valence electrons. The van der Waals surface area contributed by atoms with E-state index in [1.54, 1.807) is 0 Å². The van der Waals surface area contributed by atoms with E-state index in [0.29, 0.717) is 24.3 Å². The smallest absolute Gasteiger partial charge is 0.227 e. The van der Waals surface area contributed by atoms with Crippen LogP contribution >= 0.6 is 0 Å². The van der Waals surface area contributed by atoms with Gasteiger partial charge in [0.1, 0.15) is 0 Å². The number of nitrogens with zero attached hydrogens (tertiary/aromatic N) is 5. The van der Waals surface area contributed by atoms with Crippen LogP contribution in [-0.4, -0.2) is 52.0 Å². The summed E-state index contributed by atoms with van der Waals surface area (Å²) in [4.78, 5) is 21.0. The number of carbonyl (C=O) groups excluding carboxylic acids is 1. The van der Waals surface area contributed by atoms with E-state index in [9.17, 15) is 4.79 Å². The fourth-order valence-electron chi connectivity index (χ4n) is 3.19. The number of aryl methyl sites for hydroxylation is 2. The molecule has 27 heavy (non-hydrogen) atoms. The molecule has 1 amide bonds. The van der Waals surface area contributed by atoms with E-state index in [2.05, 4.69) is 28.0 Å². The second-order valence-electron chi connectivity index (χ2n) is 6.82. The first-order valence-electron chi connectivity index (χ1n) is 9.48. The zero-order valence-electron chi connectivity index (χ0n) is 15.7. The second-order valence-corrected chi connectivity index (χ2v) is 6.82. The molecule has 0 bridgehead atoms. The maximum absolute atomic E-state index is 12.4. The van der Waals surface area contributed by atoms with Crippen molar-refractivity contribution in [1.29, 1.82) is 5.26 Å². The van der Waals surface area contributed by atoms with E-state index in [-0.39, 0.29) is 5.91 Å². The van der Waals surface area contributed by atoms with Crippen molar-refractivity contribution in [3.63, 3.8) is 0 Å². The average molecular weight is 367 g/mol. The van der Waals surface area contributed by atoms with E-state index < -0.39 is 0 Å². The van der Waals surface area contributed by atoms with Gasteiger partial charge in [0.15, 0.2) is 5.82 Å². The van der Waals surface area contributed by atoms with Crippen LogP contribution in [0.1, 0.15) is 42.6 Å². The predicted octanol–water partition coefficient (Wildman–Crippen LogP) is 2.17. The third-order valence-corrected chi connectivity index (χ3v) is 4.75. The molecule has 0 atom stereocenters. The molecule has 0 spiro atoms. The highest BCUT2D eigenvalue weighted by Crippen LogP contribution is 2.11. The molecule has 1 saturated heterocycles. The van der Waals surface area contributed by atoms with Gasteiger partial charge in [0.2, 0.25) is 11.8 Å². The van der Waals surface area contributed by atoms with E-state index >= 15 is 0 Å². The van der Waals surface area contributed by atoms with Gasteiger partial charge < -0.3 is 9.42 Å². The lowest BCUT2D eigenvalue weighted by atomic mass is 10.1. The number of amides is 1. The van der Waals surface area contributed by atoms with Crippen LogP contribution < -0.4 is 0 Å². The Balaban J connectivity index is 1.41. The topological polar surface area (TPSA) is 86.3 Å². The van der Waals surface area contributed by atoms with Gasteiger partial charge in [-0.05, 0) is 24.1 Å². The summed E-state index contributed by atoms with van der Waals surface area (Å²) in [7, 11) is 0. The maximum atomic E-state index is 12.4. The molecule has 1 aromatic carbocycles. The Morgan fingerprint density at radius 3 is 2.59 bits per heavy atom. The van der Waals surface area contributed by atoms with E-state index in [4.69, 9.17) is 9.78 Å². The number of rotatable bonds is 7. The first kappa shape index (κ1) is 19.1. The summed E-state index contributed by atoms with van der Waals surface area (Å²) < 4.78 is 5.19. The van der Waals surface area contributed by atoms with Crippen LogP contribution in [0.3, 0.4) is 0 Å². The molecule has 7 nitrogen and oxygen atoms in total. The summed E-state index contributed by atoms with van der Waals surface area (Å²) in [5.41, 5.74) is 1.87. The third kappa shape index (κ3) is 5.38. The molecule has 1 aliphatic rings. The molecular weight excluding hydrogens is 342 g/mol. The Morgan fingerprint density at radius 1 is 1.19 bits per heavy atom. The summed E-state index contributed by atoms with van der Waals surface area (Å²) in [6.45, 7) is 6.09. The zero-order valence-corrected chi connectivity index (χ0v) is 15.7. The minimum absolute atomic E-state index is 0.142. The number of piperazine rings is 1. The van der Waals surface area contributed by atoms with Crippen molar-refractivity contribution in [3.05, 3.63) is 47.1 Å². The molecule has 0 aliphatic carbocycles. The second kappa shape index (κ2) is 9.28. The normalized spacial score (nSPS) is 14.9. The van der Waals surface area contributed by atoms with Crippen LogP contribution in [0.5, 0.6) is 0 Å². The Hall–Kier alpha value is -2.72. The van der Waals surface area contributed by atoms with E-state index in [0.717, 1.165) is 51.4 Å². The molecule has 7 heteroatoms. The number of carbonyl (C=O) groups is 1. The number of nitriles is 1. The fraction of sp³-hybridized carbons (Fsp3) is 0.500.